The minimum absolute atomic E-state index is 0.0303. The van der Waals surface area contributed by atoms with E-state index < -0.39 is 47.7 Å². The highest BCUT2D eigenvalue weighted by Crippen LogP contribution is 2.60. The zero-order chi connectivity index (χ0) is 37.7. The van der Waals surface area contributed by atoms with Gasteiger partial charge in [0.25, 0.3) is 5.91 Å². The number of halogens is 1. The maximum Gasteiger partial charge on any atom is 0.313 e. The molecule has 3 heterocycles. The van der Waals surface area contributed by atoms with E-state index in [1.165, 1.54) is 0 Å². The first-order valence-electron chi connectivity index (χ1n) is 18.3. The predicted octanol–water partition coefficient (Wildman–Crippen LogP) is 5.83. The molecular weight excluding hydrogens is 726 g/mol. The summed E-state index contributed by atoms with van der Waals surface area (Å²) in [6.07, 6.45) is 4.79. The number of unbranched alkanes of at least 4 members (excludes halogenated alkanes) is 2. The van der Waals surface area contributed by atoms with Crippen molar-refractivity contribution < 1.29 is 33.8 Å². The van der Waals surface area contributed by atoms with Gasteiger partial charge in [-0.2, -0.15) is 0 Å². The molecule has 10 nitrogen and oxygen atoms in total. The Kier molecular flexibility index (Phi) is 12.8. The number of esters is 1. The van der Waals surface area contributed by atoms with Crippen LogP contribution in [0, 0.1) is 25.7 Å². The molecule has 0 aliphatic carbocycles. The van der Waals surface area contributed by atoms with Crippen molar-refractivity contribution in [2.45, 2.75) is 94.0 Å². The summed E-state index contributed by atoms with van der Waals surface area (Å²) in [5.74, 6) is -3.26. The van der Waals surface area contributed by atoms with Gasteiger partial charge in [0, 0.05) is 43.7 Å². The van der Waals surface area contributed by atoms with E-state index in [2.05, 4.69) is 29.1 Å². The Bertz CT molecular complexity index is 1630. The average Bonchev–Trinajstić information content (AvgIpc) is 3.73. The predicted molar refractivity (Wildman–Crippen MR) is 204 cm³/mol. The van der Waals surface area contributed by atoms with Crippen LogP contribution < -0.4 is 4.90 Å². The quantitative estimate of drug-likeness (QED) is 0.0931. The van der Waals surface area contributed by atoms with Crippen LogP contribution in [0.3, 0.4) is 0 Å². The van der Waals surface area contributed by atoms with Gasteiger partial charge >= 0.3 is 5.97 Å². The topological polar surface area (TPSA) is 117 Å². The number of aryl methyl sites for hydroxylation is 2. The Hall–Kier alpha value is -3.80. The van der Waals surface area contributed by atoms with Gasteiger partial charge in [-0.3, -0.25) is 19.2 Å². The summed E-state index contributed by atoms with van der Waals surface area (Å²) in [5, 5.41) is 9.44. The smallest absolute Gasteiger partial charge is 0.313 e. The van der Waals surface area contributed by atoms with Crippen molar-refractivity contribution in [2.24, 2.45) is 11.8 Å². The van der Waals surface area contributed by atoms with Crippen LogP contribution in [-0.2, 0) is 28.7 Å². The molecule has 3 aliphatic rings. The third kappa shape index (κ3) is 7.37. The number of fused-ring (bicyclic) bond motifs is 1. The van der Waals surface area contributed by atoms with E-state index >= 15 is 4.79 Å². The second-order valence-corrected chi connectivity index (χ2v) is 15.5. The molecule has 1 spiro atoms. The molecule has 0 saturated carbocycles. The highest BCUT2D eigenvalue weighted by atomic mass is 79.9. The summed E-state index contributed by atoms with van der Waals surface area (Å²) in [7, 11) is 1.69. The molecule has 1 N–H and O–H groups in total. The molecule has 280 valence electrons. The van der Waals surface area contributed by atoms with Gasteiger partial charge < -0.3 is 29.3 Å². The molecule has 2 bridgehead atoms. The van der Waals surface area contributed by atoms with Crippen LogP contribution in [0.25, 0.3) is 0 Å². The van der Waals surface area contributed by atoms with E-state index in [-0.39, 0.29) is 48.7 Å². The Labute approximate surface area is 315 Å². The number of aliphatic hydroxyl groups is 1. The fourth-order valence-corrected chi connectivity index (χ4v) is 9.36. The number of rotatable bonds is 17. The van der Waals surface area contributed by atoms with Gasteiger partial charge in [0.1, 0.15) is 17.7 Å². The molecule has 0 radical (unpaired) electrons. The zero-order valence-corrected chi connectivity index (χ0v) is 32.3. The van der Waals surface area contributed by atoms with Crippen LogP contribution in [0.4, 0.5) is 5.69 Å². The van der Waals surface area contributed by atoms with Gasteiger partial charge in [0.15, 0.2) is 0 Å². The van der Waals surface area contributed by atoms with Crippen LogP contribution in [0.2, 0.25) is 0 Å². The molecule has 52 heavy (non-hydrogen) atoms. The number of likely N-dealkylation sites (tertiary alicyclic amines) is 1. The number of benzene rings is 2. The molecule has 3 aliphatic heterocycles. The van der Waals surface area contributed by atoms with E-state index in [0.717, 1.165) is 16.8 Å². The third-order valence-electron chi connectivity index (χ3n) is 11.0. The Morgan fingerprint density at radius 2 is 1.77 bits per heavy atom. The van der Waals surface area contributed by atoms with Crippen LogP contribution in [-0.4, -0.2) is 94.0 Å². The first kappa shape index (κ1) is 39.4. The van der Waals surface area contributed by atoms with Crippen molar-refractivity contribution in [3.63, 3.8) is 0 Å². The number of amides is 3. The van der Waals surface area contributed by atoms with Crippen molar-refractivity contribution in [1.82, 2.24) is 9.80 Å². The van der Waals surface area contributed by atoms with Gasteiger partial charge in [-0.25, -0.2) is 0 Å². The summed E-state index contributed by atoms with van der Waals surface area (Å²) in [4.78, 5) is 62.0. The minimum Gasteiger partial charge on any atom is -0.455 e. The van der Waals surface area contributed by atoms with Crippen molar-refractivity contribution in [3.8, 4) is 0 Å². The first-order valence-corrected chi connectivity index (χ1v) is 19.2. The number of carbonyl (C=O) groups excluding carboxylic acids is 4. The summed E-state index contributed by atoms with van der Waals surface area (Å²) in [6, 6.07) is 13.6. The molecule has 2 aromatic rings. The van der Waals surface area contributed by atoms with Gasteiger partial charge in [-0.1, -0.05) is 76.6 Å². The molecule has 3 amide bonds. The summed E-state index contributed by atoms with van der Waals surface area (Å²) in [6.45, 7) is 13.9. The number of allylic oxidation sites excluding steroid dienone is 1. The van der Waals surface area contributed by atoms with E-state index in [4.69, 9.17) is 9.47 Å². The summed E-state index contributed by atoms with van der Waals surface area (Å²) >= 11 is 3.78. The van der Waals surface area contributed by atoms with Crippen molar-refractivity contribution in [1.29, 1.82) is 0 Å². The lowest BCUT2D eigenvalue weighted by Crippen LogP contribution is -2.57. The average molecular weight is 779 g/mol. The number of hydrogen-bond acceptors (Lipinski definition) is 7. The van der Waals surface area contributed by atoms with Gasteiger partial charge in [-0.05, 0) is 69.6 Å². The third-order valence-corrected chi connectivity index (χ3v) is 11.9. The fourth-order valence-electron chi connectivity index (χ4n) is 8.41. The molecule has 1 unspecified atom stereocenters. The number of carbonyl (C=O) groups is 4. The molecule has 8 atom stereocenters. The van der Waals surface area contributed by atoms with Crippen LogP contribution in [0.1, 0.15) is 68.2 Å². The number of aliphatic hydroxyl groups excluding tert-OH is 1. The summed E-state index contributed by atoms with van der Waals surface area (Å²) < 4.78 is 13.2. The Morgan fingerprint density at radius 3 is 2.40 bits per heavy atom. The van der Waals surface area contributed by atoms with Crippen molar-refractivity contribution in [2.75, 3.05) is 31.6 Å². The largest absolute Gasteiger partial charge is 0.455 e. The number of ether oxygens (including phenoxy) is 2. The first-order chi connectivity index (χ1) is 24.9. The van der Waals surface area contributed by atoms with Crippen LogP contribution >= 0.6 is 15.9 Å². The zero-order valence-electron chi connectivity index (χ0n) is 30.7. The molecule has 5 rings (SSSR count). The number of para-hydroxylation sites is 1. The van der Waals surface area contributed by atoms with Crippen LogP contribution in [0.15, 0.2) is 73.8 Å². The van der Waals surface area contributed by atoms with E-state index in [9.17, 15) is 19.5 Å². The maximum atomic E-state index is 15.0. The number of likely N-dealkylation sites (N-methyl/N-ethyl adjacent to an activating group) is 1. The highest BCUT2D eigenvalue weighted by Gasteiger charge is 2.77. The Morgan fingerprint density at radius 1 is 1.08 bits per heavy atom. The fraction of sp³-hybridized carbons (Fsp3) is 0.512. The number of nitrogens with zero attached hydrogens (tertiary/aromatic N) is 3. The maximum absolute atomic E-state index is 15.0. The lowest BCUT2D eigenvalue weighted by molar-refractivity contribution is -0.164. The van der Waals surface area contributed by atoms with Crippen molar-refractivity contribution >= 4 is 45.3 Å². The van der Waals surface area contributed by atoms with E-state index in [0.29, 0.717) is 37.7 Å². The van der Waals surface area contributed by atoms with Gasteiger partial charge in [-0.15, -0.1) is 13.2 Å². The lowest BCUT2D eigenvalue weighted by atomic mass is 9.70. The minimum atomic E-state index is -1.28. The van der Waals surface area contributed by atoms with Crippen molar-refractivity contribution in [3.05, 3.63) is 90.5 Å². The number of anilines is 1. The molecule has 3 saturated heterocycles. The molecule has 11 heteroatoms. The second kappa shape index (κ2) is 16.9. The number of hydrogen-bond donors (Lipinski definition) is 1. The molecule has 0 aromatic heterocycles. The number of alkyl halides is 1. The van der Waals surface area contributed by atoms with Crippen LogP contribution in [0.5, 0.6) is 0 Å². The summed E-state index contributed by atoms with van der Waals surface area (Å²) in [5.41, 5.74) is 2.01. The normalized spacial score (nSPS) is 25.7. The monoisotopic (exact) mass is 777 g/mol. The second-order valence-electron chi connectivity index (χ2n) is 14.3. The SMILES string of the molecule is C=CCCC(=O)N(C)[C@@H](C)[C@@H](OC(=O)[C@@H]1[C@H]2O[C@@]3(CC2Br)[C@H](C(=O)N(CC=C)c2c(C)cccc2C)N(CCCCCO)C(=O)[C@@H]13)c1ccccc1. The molecular formula is C41H52BrN3O7. The molecule has 3 fully saturated rings. The Balaban J connectivity index is 1.53. The van der Waals surface area contributed by atoms with E-state index in [1.54, 1.807) is 33.9 Å². The highest BCUT2D eigenvalue weighted by molar-refractivity contribution is 9.09. The van der Waals surface area contributed by atoms with Gasteiger partial charge in [0.2, 0.25) is 11.8 Å². The molecule has 2 aromatic carbocycles. The van der Waals surface area contributed by atoms with E-state index in [1.807, 2.05) is 69.3 Å². The van der Waals surface area contributed by atoms with Gasteiger partial charge in [0.05, 0.1) is 24.0 Å². The standard InChI is InChI=1S/C41H52BrN3O7/c1-7-9-21-31(47)43(6)28(5)35(29-19-12-10-13-20-29)51-40(50)32-33-38(48)45(23-14-11-15-24-46)37(41(33)25-30(42)36(32)52-41)39(49)44(22-8-2)34-26(3)17-16-18-27(34)4/h7-8,10,12-13,16-20,28,30,32-33,35-37,46H,1-2,9,11,14-15,21-25H2,3-6H3/t28-,30?,32-,33+,35+,36-,37-,41+/m0/s1. The lowest BCUT2D eigenvalue weighted by Gasteiger charge is -2.38.